The zero-order valence-corrected chi connectivity index (χ0v) is 18.2. The fraction of sp³-hybridized carbons (Fsp3) is 0.304. The highest BCUT2D eigenvalue weighted by Crippen LogP contribution is 2.30. The zero-order chi connectivity index (χ0) is 23.7. The van der Waals surface area contributed by atoms with Crippen LogP contribution in [0.25, 0.3) is 0 Å². The van der Waals surface area contributed by atoms with Crippen LogP contribution in [0.1, 0.15) is 39.9 Å². The Morgan fingerprint density at radius 1 is 1.24 bits per heavy atom. The third-order valence-corrected chi connectivity index (χ3v) is 5.83. The Morgan fingerprint density at radius 2 is 2.03 bits per heavy atom. The van der Waals surface area contributed by atoms with Crippen LogP contribution in [0.2, 0.25) is 0 Å². The molecule has 0 aromatic heterocycles. The van der Waals surface area contributed by atoms with Gasteiger partial charge in [-0.25, -0.2) is 9.18 Å². The minimum absolute atomic E-state index is 0.0739. The molecule has 172 valence electrons. The number of methoxy groups -OCH3 is 1. The van der Waals surface area contributed by atoms with Gasteiger partial charge in [-0.2, -0.15) is 0 Å². The summed E-state index contributed by atoms with van der Waals surface area (Å²) in [6, 6.07) is 6.80. The number of urea groups is 1. The molecule has 2 aromatic rings. The molecular formula is C23H23FN4O5. The summed E-state index contributed by atoms with van der Waals surface area (Å²) in [5.74, 6) is -1.37. The van der Waals surface area contributed by atoms with E-state index < -0.39 is 29.7 Å². The van der Waals surface area contributed by atoms with Gasteiger partial charge in [0.2, 0.25) is 11.8 Å². The van der Waals surface area contributed by atoms with E-state index in [1.54, 1.807) is 18.2 Å². The standard InChI is InChI=1S/C23H23FN4O5/c1-12-3-5-14(9-18(12)33-2)26-23(32)25-10-13-4-6-15-16(20(13)24)11-28(22(15)31)17-7-8-19(29)27-21(17)30/h3-6,9,17H,7-8,10-11H2,1-2H3,(H2,25,26,32)(H,27,29,30). The van der Waals surface area contributed by atoms with Gasteiger partial charge in [0.1, 0.15) is 17.6 Å². The number of imide groups is 1. The maximum atomic E-state index is 15.1. The Hall–Kier alpha value is -3.95. The minimum atomic E-state index is -0.819. The highest BCUT2D eigenvalue weighted by molar-refractivity contribution is 6.05. The highest BCUT2D eigenvalue weighted by atomic mass is 19.1. The van der Waals surface area contributed by atoms with Gasteiger partial charge >= 0.3 is 6.03 Å². The number of piperidine rings is 1. The maximum Gasteiger partial charge on any atom is 0.319 e. The van der Waals surface area contributed by atoms with Crippen molar-refractivity contribution in [2.75, 3.05) is 12.4 Å². The molecule has 0 saturated carbocycles. The second-order valence-corrected chi connectivity index (χ2v) is 7.96. The van der Waals surface area contributed by atoms with Gasteiger partial charge in [-0.3, -0.25) is 19.7 Å². The van der Waals surface area contributed by atoms with Crippen LogP contribution < -0.4 is 20.7 Å². The number of fused-ring (bicyclic) bond motifs is 1. The van der Waals surface area contributed by atoms with Crippen LogP contribution in [-0.2, 0) is 22.7 Å². The number of rotatable bonds is 5. The van der Waals surface area contributed by atoms with Gasteiger partial charge < -0.3 is 20.3 Å². The van der Waals surface area contributed by atoms with Crippen LogP contribution in [0, 0.1) is 12.7 Å². The Balaban J connectivity index is 1.42. The van der Waals surface area contributed by atoms with E-state index in [1.165, 1.54) is 24.1 Å². The molecule has 0 radical (unpaired) electrons. The van der Waals surface area contributed by atoms with Crippen molar-refractivity contribution in [1.29, 1.82) is 0 Å². The molecule has 3 N–H and O–H groups in total. The van der Waals surface area contributed by atoms with Gasteiger partial charge in [-0.1, -0.05) is 12.1 Å². The van der Waals surface area contributed by atoms with Gasteiger partial charge in [-0.15, -0.1) is 0 Å². The second kappa shape index (κ2) is 8.89. The average molecular weight is 454 g/mol. The molecule has 1 atom stereocenters. The summed E-state index contributed by atoms with van der Waals surface area (Å²) in [4.78, 5) is 49.8. The molecule has 10 heteroatoms. The lowest BCUT2D eigenvalue weighted by atomic mass is 10.0. The smallest absolute Gasteiger partial charge is 0.319 e. The summed E-state index contributed by atoms with van der Waals surface area (Å²) in [5.41, 5.74) is 2.01. The number of carbonyl (C=O) groups is 4. The quantitative estimate of drug-likeness (QED) is 0.599. The fourth-order valence-electron chi connectivity index (χ4n) is 4.04. The van der Waals surface area contributed by atoms with E-state index in [0.29, 0.717) is 11.4 Å². The number of amides is 5. The van der Waals surface area contributed by atoms with Crippen LogP contribution in [-0.4, -0.2) is 41.8 Å². The molecule has 9 nitrogen and oxygen atoms in total. The number of halogens is 1. The summed E-state index contributed by atoms with van der Waals surface area (Å²) in [6.07, 6.45) is 0.320. The van der Waals surface area contributed by atoms with Crippen molar-refractivity contribution in [3.8, 4) is 5.75 Å². The number of aryl methyl sites for hydroxylation is 1. The normalized spacial score (nSPS) is 17.5. The summed E-state index contributed by atoms with van der Waals surface area (Å²) >= 11 is 0. The molecule has 1 unspecified atom stereocenters. The summed E-state index contributed by atoms with van der Waals surface area (Å²) in [5, 5.41) is 7.48. The number of nitrogens with one attached hydrogen (secondary N) is 3. The zero-order valence-electron chi connectivity index (χ0n) is 18.2. The van der Waals surface area contributed by atoms with Crippen molar-refractivity contribution >= 4 is 29.4 Å². The summed E-state index contributed by atoms with van der Waals surface area (Å²) < 4.78 is 20.4. The van der Waals surface area contributed by atoms with Gasteiger partial charge in [0.15, 0.2) is 0 Å². The number of nitrogens with zero attached hydrogens (tertiary/aromatic N) is 1. The monoisotopic (exact) mass is 454 g/mol. The molecule has 33 heavy (non-hydrogen) atoms. The lowest BCUT2D eigenvalue weighted by Gasteiger charge is -2.29. The van der Waals surface area contributed by atoms with E-state index in [1.807, 2.05) is 6.92 Å². The van der Waals surface area contributed by atoms with Crippen molar-refractivity contribution in [2.45, 2.75) is 38.9 Å². The molecule has 2 aliphatic heterocycles. The van der Waals surface area contributed by atoms with Crippen LogP contribution in [0.5, 0.6) is 5.75 Å². The largest absolute Gasteiger partial charge is 0.496 e. The first-order valence-corrected chi connectivity index (χ1v) is 10.4. The predicted octanol–water partition coefficient (Wildman–Crippen LogP) is 2.23. The first-order chi connectivity index (χ1) is 15.8. The van der Waals surface area contributed by atoms with E-state index >= 15 is 4.39 Å². The summed E-state index contributed by atoms with van der Waals surface area (Å²) in [7, 11) is 1.54. The van der Waals surface area contributed by atoms with Crippen LogP contribution in [0.4, 0.5) is 14.9 Å². The number of hydrogen-bond acceptors (Lipinski definition) is 5. The topological polar surface area (TPSA) is 117 Å². The van der Waals surface area contributed by atoms with Crippen molar-refractivity contribution < 1.29 is 28.3 Å². The van der Waals surface area contributed by atoms with Crippen LogP contribution >= 0.6 is 0 Å². The SMILES string of the molecule is COc1cc(NC(=O)NCc2ccc3c(c2F)CN(C2CCC(=O)NC2=O)C3=O)ccc1C. The summed E-state index contributed by atoms with van der Waals surface area (Å²) in [6.45, 7) is 1.71. The highest BCUT2D eigenvalue weighted by Gasteiger charge is 2.40. The predicted molar refractivity (Wildman–Crippen MR) is 116 cm³/mol. The number of carbonyl (C=O) groups excluding carboxylic acids is 4. The lowest BCUT2D eigenvalue weighted by molar-refractivity contribution is -0.136. The molecule has 0 aliphatic carbocycles. The first-order valence-electron chi connectivity index (χ1n) is 10.4. The Labute approximate surface area is 189 Å². The Bertz CT molecular complexity index is 1170. The lowest BCUT2D eigenvalue weighted by Crippen LogP contribution is -2.52. The average Bonchev–Trinajstić information content (AvgIpc) is 3.11. The second-order valence-electron chi connectivity index (χ2n) is 7.96. The number of benzene rings is 2. The van der Waals surface area contributed by atoms with Crippen molar-refractivity contribution in [2.24, 2.45) is 0 Å². The maximum absolute atomic E-state index is 15.1. The molecule has 4 rings (SSSR count). The molecular weight excluding hydrogens is 431 g/mol. The third-order valence-electron chi connectivity index (χ3n) is 5.83. The van der Waals surface area contributed by atoms with Gasteiger partial charge in [0.25, 0.3) is 5.91 Å². The van der Waals surface area contributed by atoms with E-state index in [9.17, 15) is 19.2 Å². The van der Waals surface area contributed by atoms with Gasteiger partial charge in [0.05, 0.1) is 13.7 Å². The molecule has 1 fully saturated rings. The van der Waals surface area contributed by atoms with E-state index in [0.717, 1.165) is 5.56 Å². The number of hydrogen-bond donors (Lipinski definition) is 3. The molecule has 1 saturated heterocycles. The molecule has 2 aromatic carbocycles. The van der Waals surface area contributed by atoms with Gasteiger partial charge in [-0.05, 0) is 31.0 Å². The molecule has 5 amide bonds. The van der Waals surface area contributed by atoms with Crippen LogP contribution in [0.15, 0.2) is 30.3 Å². The molecule has 2 heterocycles. The molecule has 0 spiro atoms. The van der Waals surface area contributed by atoms with E-state index in [-0.39, 0.29) is 48.5 Å². The molecule has 2 aliphatic rings. The first kappa shape index (κ1) is 22.3. The third kappa shape index (κ3) is 4.36. The Kier molecular flexibility index (Phi) is 5.99. The number of anilines is 1. The van der Waals surface area contributed by atoms with Crippen molar-refractivity contribution in [3.05, 3.63) is 58.4 Å². The van der Waals surface area contributed by atoms with Crippen molar-refractivity contribution in [1.82, 2.24) is 15.5 Å². The molecule has 0 bridgehead atoms. The fourth-order valence-corrected chi connectivity index (χ4v) is 4.04. The number of ether oxygens (including phenoxy) is 1. The van der Waals surface area contributed by atoms with Crippen LogP contribution in [0.3, 0.4) is 0 Å². The minimum Gasteiger partial charge on any atom is -0.496 e. The van der Waals surface area contributed by atoms with E-state index in [2.05, 4.69) is 16.0 Å². The van der Waals surface area contributed by atoms with E-state index in [4.69, 9.17) is 4.74 Å². The Morgan fingerprint density at radius 3 is 2.76 bits per heavy atom. The van der Waals surface area contributed by atoms with Crippen molar-refractivity contribution in [3.63, 3.8) is 0 Å². The van der Waals surface area contributed by atoms with Gasteiger partial charge in [0, 0.05) is 41.4 Å².